The molecule has 8 heteroatoms. The van der Waals surface area contributed by atoms with E-state index < -0.39 is 31.0 Å². The zero-order chi connectivity index (χ0) is 12.4. The van der Waals surface area contributed by atoms with Crippen molar-refractivity contribution < 1.29 is 39.9 Å². The van der Waals surface area contributed by atoms with Crippen LogP contribution in [0.1, 0.15) is 7.43 Å². The molecule has 0 amide bonds. The summed E-state index contributed by atoms with van der Waals surface area (Å²) in [7, 11) is 0. The highest BCUT2D eigenvalue weighted by atomic mass is 16.4. The van der Waals surface area contributed by atoms with Gasteiger partial charge in [-0.25, -0.2) is 0 Å². The van der Waals surface area contributed by atoms with Crippen molar-refractivity contribution in [3.63, 3.8) is 0 Å². The first-order chi connectivity index (χ1) is 6.95. The van der Waals surface area contributed by atoms with Crippen molar-refractivity contribution in [3.05, 3.63) is 0 Å². The molecule has 0 bridgehead atoms. The van der Waals surface area contributed by atoms with Crippen molar-refractivity contribution in [1.82, 2.24) is 0 Å². The molecule has 0 saturated heterocycles. The lowest BCUT2D eigenvalue weighted by atomic mass is 10.0. The van der Waals surface area contributed by atoms with Crippen molar-refractivity contribution >= 4 is 12.4 Å². The second kappa shape index (κ2) is 11.9. The molecule has 0 saturated carbocycles. The molecule has 4 atom stereocenters. The first-order valence-corrected chi connectivity index (χ1v) is 3.73. The third-order valence-electron chi connectivity index (χ3n) is 1.42. The maximum absolute atomic E-state index is 9.90. The van der Waals surface area contributed by atoms with Gasteiger partial charge in [0.05, 0.1) is 6.61 Å². The topological polar surface area (TPSA) is 152 Å². The van der Waals surface area contributed by atoms with Gasteiger partial charge < -0.3 is 30.3 Å². The Bertz CT molecular complexity index is 200. The van der Waals surface area contributed by atoms with Crippen LogP contribution >= 0.6 is 0 Å². The lowest BCUT2D eigenvalue weighted by Crippen LogP contribution is -2.46. The second-order valence-electron chi connectivity index (χ2n) is 2.44. The number of hydrogen-bond acceptors (Lipinski definition) is 8. The molecule has 0 aliphatic carbocycles. The summed E-state index contributed by atoms with van der Waals surface area (Å²) in [6.07, 6.45) is -6.59. The van der Waals surface area contributed by atoms with E-state index in [1.807, 2.05) is 0 Å². The van der Waals surface area contributed by atoms with Crippen LogP contribution in [0.25, 0.3) is 0 Å². The van der Waals surface area contributed by atoms with Crippen LogP contribution in [0.5, 0.6) is 0 Å². The first kappa shape index (κ1) is 20.3. The lowest BCUT2D eigenvalue weighted by molar-refractivity contribution is -0.191. The molecule has 5 N–H and O–H groups in total. The average molecular weight is 240 g/mol. The smallest absolute Gasteiger partial charge is 0.373 e. The zero-order valence-electron chi connectivity index (χ0n) is 7.55. The minimum atomic E-state index is -1.79. The van der Waals surface area contributed by atoms with E-state index in [2.05, 4.69) is 0 Å². The highest BCUT2D eigenvalue weighted by Gasteiger charge is 2.29. The summed E-state index contributed by atoms with van der Waals surface area (Å²) in [6.45, 7) is -0.760. The Morgan fingerprint density at radius 1 is 1.06 bits per heavy atom. The Morgan fingerprint density at radius 3 is 1.69 bits per heavy atom. The average Bonchev–Trinajstić information content (AvgIpc) is 2.25. The van der Waals surface area contributed by atoms with Gasteiger partial charge >= 0.3 is 6.15 Å². The summed E-state index contributed by atoms with van der Waals surface area (Å²) in [4.78, 5) is 26.1. The third-order valence-corrected chi connectivity index (χ3v) is 1.42. The summed E-state index contributed by atoms with van der Waals surface area (Å²) < 4.78 is 0. The zero-order valence-corrected chi connectivity index (χ0v) is 7.55. The van der Waals surface area contributed by atoms with Crippen LogP contribution in [0.2, 0.25) is 0 Å². The van der Waals surface area contributed by atoms with Crippen molar-refractivity contribution in [3.8, 4) is 0 Å². The number of aldehydes is 1. The van der Waals surface area contributed by atoms with E-state index in [9.17, 15) is 4.79 Å². The van der Waals surface area contributed by atoms with Gasteiger partial charge in [-0.15, -0.1) is 0 Å². The highest BCUT2D eigenvalue weighted by molar-refractivity contribution is 5.56. The number of carbonyl (C=O) groups excluding carboxylic acids is 3. The molecule has 0 radical (unpaired) electrons. The Kier molecular flexibility index (Phi) is 15.1. The standard InChI is InChI=1S/C6H12O6.CO2.CH4/c7-1-3(9)5(11)6(12)4(10)2-8;2-1-3;/h1,3-6,8-12H,2H2;;1H4/t3-,4+,5+,6+;;/m0../s1. The quantitative estimate of drug-likeness (QED) is 0.313. The van der Waals surface area contributed by atoms with Gasteiger partial charge in [-0.1, -0.05) is 7.43 Å². The predicted molar refractivity (Wildman–Crippen MR) is 48.9 cm³/mol. The van der Waals surface area contributed by atoms with Crippen molar-refractivity contribution in [1.29, 1.82) is 0 Å². The van der Waals surface area contributed by atoms with Gasteiger partial charge in [0.25, 0.3) is 0 Å². The molecule has 0 aromatic carbocycles. The third kappa shape index (κ3) is 8.18. The molecular weight excluding hydrogens is 224 g/mol. The van der Waals surface area contributed by atoms with Crippen LogP contribution in [-0.4, -0.2) is 69.0 Å². The Labute approximate surface area is 91.8 Å². The van der Waals surface area contributed by atoms with Gasteiger partial charge in [0, 0.05) is 0 Å². The fourth-order valence-corrected chi connectivity index (χ4v) is 0.618. The summed E-state index contributed by atoms with van der Waals surface area (Å²) >= 11 is 0. The van der Waals surface area contributed by atoms with E-state index in [-0.39, 0.29) is 19.9 Å². The molecule has 0 aromatic rings. The molecular formula is C8H16O8. The molecule has 16 heavy (non-hydrogen) atoms. The van der Waals surface area contributed by atoms with Crippen LogP contribution in [-0.2, 0) is 14.4 Å². The number of aliphatic hydroxyl groups excluding tert-OH is 5. The lowest BCUT2D eigenvalue weighted by Gasteiger charge is -2.22. The van der Waals surface area contributed by atoms with E-state index in [4.69, 9.17) is 35.1 Å². The summed E-state index contributed by atoms with van der Waals surface area (Å²) in [6, 6.07) is 0. The van der Waals surface area contributed by atoms with Crippen LogP contribution in [0.3, 0.4) is 0 Å². The van der Waals surface area contributed by atoms with Gasteiger partial charge in [-0.05, 0) is 0 Å². The first-order valence-electron chi connectivity index (χ1n) is 3.73. The van der Waals surface area contributed by atoms with Crippen molar-refractivity contribution in [2.24, 2.45) is 0 Å². The monoisotopic (exact) mass is 240 g/mol. The van der Waals surface area contributed by atoms with Gasteiger partial charge in [-0.2, -0.15) is 9.59 Å². The van der Waals surface area contributed by atoms with Gasteiger partial charge in [0.15, 0.2) is 6.29 Å². The van der Waals surface area contributed by atoms with E-state index in [1.165, 1.54) is 0 Å². The Balaban J connectivity index is -0.000000377. The Morgan fingerprint density at radius 2 is 1.44 bits per heavy atom. The second-order valence-corrected chi connectivity index (χ2v) is 2.44. The highest BCUT2D eigenvalue weighted by Crippen LogP contribution is 2.02. The van der Waals surface area contributed by atoms with Crippen molar-refractivity contribution in [2.75, 3.05) is 6.61 Å². The molecule has 0 aromatic heterocycles. The van der Waals surface area contributed by atoms with Gasteiger partial charge in [-0.3, -0.25) is 0 Å². The van der Waals surface area contributed by atoms with E-state index in [0.29, 0.717) is 0 Å². The molecule has 8 nitrogen and oxygen atoms in total. The summed E-state index contributed by atoms with van der Waals surface area (Å²) in [5, 5.41) is 43.5. The SMILES string of the molecule is C.O=C=O.O=C[C@H](O)[C@@H](O)[C@H](O)[C@H](O)CO. The van der Waals surface area contributed by atoms with Crippen LogP contribution in [0, 0.1) is 0 Å². The van der Waals surface area contributed by atoms with E-state index >= 15 is 0 Å². The minimum Gasteiger partial charge on any atom is -0.394 e. The van der Waals surface area contributed by atoms with Crippen LogP contribution in [0.15, 0.2) is 0 Å². The summed E-state index contributed by atoms with van der Waals surface area (Å²) in [5.41, 5.74) is 0. The van der Waals surface area contributed by atoms with Crippen LogP contribution in [0.4, 0.5) is 0 Å². The number of aliphatic hydroxyl groups is 5. The molecule has 0 rings (SSSR count). The van der Waals surface area contributed by atoms with Crippen molar-refractivity contribution in [2.45, 2.75) is 31.8 Å². The largest absolute Gasteiger partial charge is 0.394 e. The molecule has 0 unspecified atom stereocenters. The number of rotatable bonds is 5. The maximum atomic E-state index is 9.90. The molecule has 0 heterocycles. The van der Waals surface area contributed by atoms with Gasteiger partial charge in [0.1, 0.15) is 24.4 Å². The predicted octanol–water partition coefficient (Wildman–Crippen LogP) is -3.33. The number of hydrogen-bond donors (Lipinski definition) is 5. The van der Waals surface area contributed by atoms with Crippen LogP contribution < -0.4 is 0 Å². The summed E-state index contributed by atoms with van der Waals surface area (Å²) in [5.74, 6) is 0. The molecule has 0 aliphatic heterocycles. The Hall–Kier alpha value is -1.15. The molecule has 0 aliphatic rings. The van der Waals surface area contributed by atoms with Gasteiger partial charge in [0.2, 0.25) is 0 Å². The molecule has 0 fully saturated rings. The molecule has 0 spiro atoms. The normalized spacial score (nSPS) is 16.3. The molecule has 96 valence electrons. The number of carbonyl (C=O) groups is 1. The fraction of sp³-hybridized carbons (Fsp3) is 0.750. The maximum Gasteiger partial charge on any atom is 0.373 e. The fourth-order valence-electron chi connectivity index (χ4n) is 0.618. The van der Waals surface area contributed by atoms with E-state index in [0.717, 1.165) is 0 Å². The van der Waals surface area contributed by atoms with E-state index in [1.54, 1.807) is 0 Å². The minimum absolute atomic E-state index is 0.